The number of hydrogen-bond acceptors (Lipinski definition) is 2. The van der Waals surface area contributed by atoms with Crippen LogP contribution in [-0.2, 0) is 14.1 Å². The van der Waals surface area contributed by atoms with Crippen LogP contribution in [-0.4, -0.2) is 15.8 Å². The van der Waals surface area contributed by atoms with E-state index in [1.54, 1.807) is 0 Å². The Kier molecular flexibility index (Phi) is 6.87. The highest BCUT2D eigenvalue weighted by Gasteiger charge is 2.48. The average molecular weight is 827 g/mol. The molecule has 0 amide bonds. The molecule has 0 bridgehead atoms. The van der Waals surface area contributed by atoms with Crippen molar-refractivity contribution in [2.45, 2.75) is 0 Å². The van der Waals surface area contributed by atoms with Gasteiger partial charge in [-0.15, -0.1) is 0 Å². The lowest BCUT2D eigenvalue weighted by Gasteiger charge is -2.43. The van der Waals surface area contributed by atoms with E-state index in [1.807, 2.05) is 0 Å². The maximum absolute atomic E-state index is 2.63. The highest BCUT2D eigenvalue weighted by molar-refractivity contribution is 7.00. The van der Waals surface area contributed by atoms with Gasteiger partial charge in [0.05, 0.1) is 17.1 Å². The molecule has 0 saturated heterocycles. The average Bonchev–Trinajstić information content (AvgIpc) is 3.83. The van der Waals surface area contributed by atoms with Crippen molar-refractivity contribution in [1.82, 2.24) is 9.13 Å². The smallest absolute Gasteiger partial charge is 0.292 e. The van der Waals surface area contributed by atoms with E-state index in [9.17, 15) is 0 Å². The van der Waals surface area contributed by atoms with Crippen LogP contribution in [0.1, 0.15) is 0 Å². The first-order valence-electron chi connectivity index (χ1n) is 22.7. The summed E-state index contributed by atoms with van der Waals surface area (Å²) in [7, 11) is 4.57. The van der Waals surface area contributed by atoms with E-state index < -0.39 is 0 Å². The zero-order valence-electron chi connectivity index (χ0n) is 35.9. The maximum Gasteiger partial charge on any atom is 0.292 e. The van der Waals surface area contributed by atoms with Crippen LogP contribution < -0.4 is 26.4 Å². The third-order valence-corrected chi connectivity index (χ3v) is 15.0. The zero-order valence-corrected chi connectivity index (χ0v) is 35.9. The van der Waals surface area contributed by atoms with Gasteiger partial charge in [0.2, 0.25) is 0 Å². The fourth-order valence-electron chi connectivity index (χ4n) is 12.5. The molecule has 2 aromatic heterocycles. The number of benzene rings is 11. The zero-order chi connectivity index (χ0) is 42.7. The van der Waals surface area contributed by atoms with E-state index in [0.717, 1.165) is 5.69 Å². The minimum Gasteiger partial charge on any atom is -0.353 e. The monoisotopic (exact) mass is 826 g/mol. The number of nitrogens with zero attached hydrogens (tertiary/aromatic N) is 4. The fraction of sp³-hybridized carbons (Fsp3) is 0.0333. The SMILES string of the molecule is Cn1c2c(c3ccccc31)N(c1ccc3c4ccccc4c4ccccc4c3c1)c1cccc3c1B2c1c(c2ccccc2n1C)N3c1cccc2c3ccccc3c3ccccc3c12. The van der Waals surface area contributed by atoms with E-state index in [0.29, 0.717) is 0 Å². The number of anilines is 6. The molecule has 0 fully saturated rings. The molecule has 0 spiro atoms. The van der Waals surface area contributed by atoms with Crippen molar-refractivity contribution < 1.29 is 0 Å². The summed E-state index contributed by atoms with van der Waals surface area (Å²) in [5.74, 6) is 0. The molecule has 5 heteroatoms. The summed E-state index contributed by atoms with van der Waals surface area (Å²) in [4.78, 5) is 5.22. The van der Waals surface area contributed by atoms with Gasteiger partial charge >= 0.3 is 0 Å². The van der Waals surface area contributed by atoms with Crippen LogP contribution in [0.5, 0.6) is 0 Å². The van der Waals surface area contributed by atoms with Crippen molar-refractivity contribution in [3.05, 3.63) is 200 Å². The summed E-state index contributed by atoms with van der Waals surface area (Å²) in [5, 5.41) is 17.8. The predicted octanol–water partition coefficient (Wildman–Crippen LogP) is 13.7. The van der Waals surface area contributed by atoms with Crippen molar-refractivity contribution >= 4 is 144 Å². The molecule has 2 aliphatic rings. The molecule has 0 saturated carbocycles. The van der Waals surface area contributed by atoms with Crippen LogP contribution in [0.25, 0.3) is 86.4 Å². The number of aromatic nitrogens is 2. The first-order chi connectivity index (χ1) is 32.2. The van der Waals surface area contributed by atoms with Crippen molar-refractivity contribution in [2.24, 2.45) is 14.1 Å². The molecule has 0 atom stereocenters. The summed E-state index contributed by atoms with van der Waals surface area (Å²) < 4.78 is 4.98. The summed E-state index contributed by atoms with van der Waals surface area (Å²) in [6, 6.07) is 74.9. The molecule has 0 N–H and O–H groups in total. The molecule has 4 nitrogen and oxygen atoms in total. The molecule has 15 rings (SSSR count). The molecule has 11 aromatic carbocycles. The lowest BCUT2D eigenvalue weighted by Crippen LogP contribution is -2.64. The Morgan fingerprint density at radius 3 is 1.22 bits per heavy atom. The molecule has 2 aliphatic heterocycles. The standard InChI is InChI=1S/C60H39BN4/c1-62-50-28-13-11-25-47(50)57-59(62)61-56-53(64(57)36-33-34-44-39-19-4-3-17-37(39)38-18-6-8-23-43(38)49(44)35-36)31-16-32-54(56)65(58-48-26-12-14-29-51(48)63(2)60(58)61)52-30-15-27-46-42-21-7-5-20-40(42)41-22-9-10-24-45(41)55(46)52/h3-35H,1-2H3. The number of fused-ring (bicyclic) bond motifs is 20. The van der Waals surface area contributed by atoms with Gasteiger partial charge in [-0.25, -0.2) is 0 Å². The van der Waals surface area contributed by atoms with E-state index in [-0.39, 0.29) is 6.71 Å². The summed E-state index contributed by atoms with van der Waals surface area (Å²) in [6.45, 7) is -0.0497. The third-order valence-electron chi connectivity index (χ3n) is 15.0. The van der Waals surface area contributed by atoms with Crippen LogP contribution in [0, 0.1) is 0 Å². The van der Waals surface area contributed by atoms with Crippen LogP contribution in [0.2, 0.25) is 0 Å². The third kappa shape index (κ3) is 4.42. The molecule has 0 unspecified atom stereocenters. The van der Waals surface area contributed by atoms with Crippen LogP contribution in [0.4, 0.5) is 34.1 Å². The molecule has 65 heavy (non-hydrogen) atoms. The quantitative estimate of drug-likeness (QED) is 0.128. The molecule has 0 radical (unpaired) electrons. The Balaban J connectivity index is 1.10. The Hall–Kier alpha value is -8.28. The largest absolute Gasteiger partial charge is 0.353 e. The van der Waals surface area contributed by atoms with Gasteiger partial charge in [-0.1, -0.05) is 158 Å². The van der Waals surface area contributed by atoms with Gasteiger partial charge < -0.3 is 18.9 Å². The first-order valence-corrected chi connectivity index (χ1v) is 22.7. The highest BCUT2D eigenvalue weighted by atomic mass is 15.2. The van der Waals surface area contributed by atoms with Gasteiger partial charge in [0, 0.05) is 69.5 Å². The molecule has 13 aromatic rings. The summed E-state index contributed by atoms with van der Waals surface area (Å²) >= 11 is 0. The number of para-hydroxylation sites is 2. The molecule has 4 heterocycles. The van der Waals surface area contributed by atoms with Crippen LogP contribution >= 0.6 is 0 Å². The Morgan fingerprint density at radius 2 is 0.677 bits per heavy atom. The van der Waals surface area contributed by atoms with E-state index >= 15 is 0 Å². The van der Waals surface area contributed by atoms with Crippen molar-refractivity contribution in [3.8, 4) is 0 Å². The lowest BCUT2D eigenvalue weighted by atomic mass is 9.36. The second kappa shape index (κ2) is 12.7. The minimum atomic E-state index is -0.0497. The highest BCUT2D eigenvalue weighted by Crippen LogP contribution is 2.51. The predicted molar refractivity (Wildman–Crippen MR) is 278 cm³/mol. The van der Waals surface area contributed by atoms with Gasteiger partial charge in [-0.3, -0.25) is 0 Å². The van der Waals surface area contributed by atoms with Crippen LogP contribution in [0.3, 0.4) is 0 Å². The van der Waals surface area contributed by atoms with E-state index in [1.165, 1.54) is 132 Å². The van der Waals surface area contributed by atoms with Gasteiger partial charge in [-0.2, -0.15) is 0 Å². The van der Waals surface area contributed by atoms with Crippen molar-refractivity contribution in [2.75, 3.05) is 9.80 Å². The Morgan fingerprint density at radius 1 is 0.308 bits per heavy atom. The number of aryl methyl sites for hydroxylation is 2. The summed E-state index contributed by atoms with van der Waals surface area (Å²) in [5.41, 5.74) is 13.6. The van der Waals surface area contributed by atoms with Crippen LogP contribution in [0.15, 0.2) is 200 Å². The second-order valence-electron chi connectivity index (χ2n) is 18.0. The van der Waals surface area contributed by atoms with Gasteiger partial charge in [-0.05, 0) is 107 Å². The minimum absolute atomic E-state index is 0.0497. The van der Waals surface area contributed by atoms with Crippen molar-refractivity contribution in [1.29, 1.82) is 0 Å². The first kappa shape index (κ1) is 35.2. The number of hydrogen-bond donors (Lipinski definition) is 0. The van der Waals surface area contributed by atoms with Crippen molar-refractivity contribution in [3.63, 3.8) is 0 Å². The van der Waals surface area contributed by atoms with E-state index in [4.69, 9.17) is 0 Å². The normalized spacial score (nSPS) is 13.3. The molecular weight excluding hydrogens is 787 g/mol. The Bertz CT molecular complexity index is 4170. The fourth-order valence-corrected chi connectivity index (χ4v) is 12.5. The Labute approximate surface area is 375 Å². The van der Waals surface area contributed by atoms with E-state index in [2.05, 4.69) is 233 Å². The summed E-state index contributed by atoms with van der Waals surface area (Å²) in [6.07, 6.45) is 0. The second-order valence-corrected chi connectivity index (χ2v) is 18.0. The van der Waals surface area contributed by atoms with Gasteiger partial charge in [0.15, 0.2) is 0 Å². The molecule has 302 valence electrons. The van der Waals surface area contributed by atoms with Gasteiger partial charge in [0.25, 0.3) is 6.71 Å². The maximum atomic E-state index is 2.63. The lowest BCUT2D eigenvalue weighted by molar-refractivity contribution is 0.982. The molecular formula is C60H39BN4. The number of rotatable bonds is 2. The van der Waals surface area contributed by atoms with Gasteiger partial charge in [0.1, 0.15) is 0 Å². The topological polar surface area (TPSA) is 16.3 Å². The molecule has 0 aliphatic carbocycles.